The number of carbonyl (C=O) groups is 1. The lowest BCUT2D eigenvalue weighted by molar-refractivity contribution is 0.0689. The summed E-state index contributed by atoms with van der Waals surface area (Å²) < 4.78 is 17.4. The molecule has 0 saturated heterocycles. The van der Waals surface area contributed by atoms with Gasteiger partial charge in [-0.25, -0.2) is 4.79 Å². The van der Waals surface area contributed by atoms with Crippen molar-refractivity contribution in [2.24, 2.45) is 0 Å². The summed E-state index contributed by atoms with van der Waals surface area (Å²) in [6.45, 7) is 7.68. The first kappa shape index (κ1) is 26.5. The third kappa shape index (κ3) is 6.96. The van der Waals surface area contributed by atoms with Crippen LogP contribution in [0.4, 0.5) is 10.5 Å². The quantitative estimate of drug-likeness (QED) is 0.234. The van der Waals surface area contributed by atoms with E-state index in [0.29, 0.717) is 35.8 Å². The molecule has 1 aliphatic rings. The van der Waals surface area contributed by atoms with Crippen LogP contribution < -0.4 is 15.2 Å². The van der Waals surface area contributed by atoms with Gasteiger partial charge in [-0.15, -0.1) is 0 Å². The molecule has 35 heavy (non-hydrogen) atoms. The second-order valence-corrected chi connectivity index (χ2v) is 9.17. The zero-order valence-corrected chi connectivity index (χ0v) is 21.3. The predicted molar refractivity (Wildman–Crippen MR) is 139 cm³/mol. The van der Waals surface area contributed by atoms with Crippen LogP contribution in [-0.4, -0.2) is 36.0 Å². The van der Waals surface area contributed by atoms with Crippen LogP contribution in [0.3, 0.4) is 0 Å². The first-order valence-electron chi connectivity index (χ1n) is 12.9. The van der Waals surface area contributed by atoms with Crippen LogP contribution >= 0.6 is 0 Å². The van der Waals surface area contributed by atoms with Gasteiger partial charge in [-0.1, -0.05) is 64.5 Å². The number of rotatable bonds is 13. The molecule has 0 fully saturated rings. The Bertz CT molecular complexity index is 949. The highest BCUT2D eigenvalue weighted by Gasteiger charge is 2.29. The van der Waals surface area contributed by atoms with Crippen LogP contribution in [0.25, 0.3) is 11.1 Å². The molecule has 7 heteroatoms. The smallest absolute Gasteiger partial charge is 0.410 e. The van der Waals surface area contributed by atoms with Gasteiger partial charge in [-0.2, -0.15) is 0 Å². The topological polar surface area (TPSA) is 94.3 Å². The maximum Gasteiger partial charge on any atom is 0.410 e. The Labute approximate surface area is 209 Å². The van der Waals surface area contributed by atoms with Gasteiger partial charge >= 0.3 is 6.09 Å². The number of nitrogen functional groups attached to an aromatic ring is 1. The van der Waals surface area contributed by atoms with Gasteiger partial charge in [-0.05, 0) is 37.5 Å². The molecule has 1 aliphatic heterocycles. The third-order valence-electron chi connectivity index (χ3n) is 6.40. The van der Waals surface area contributed by atoms with E-state index >= 15 is 0 Å². The van der Waals surface area contributed by atoms with Crippen molar-refractivity contribution in [3.8, 4) is 28.4 Å². The van der Waals surface area contributed by atoms with Crippen molar-refractivity contribution in [1.29, 1.82) is 0 Å². The molecule has 0 aromatic heterocycles. The van der Waals surface area contributed by atoms with E-state index in [9.17, 15) is 9.90 Å². The number of benzene rings is 2. The van der Waals surface area contributed by atoms with E-state index in [2.05, 4.69) is 13.8 Å². The van der Waals surface area contributed by atoms with Crippen molar-refractivity contribution in [1.82, 2.24) is 4.90 Å². The van der Waals surface area contributed by atoms with Gasteiger partial charge in [0.15, 0.2) is 11.5 Å². The Hall–Kier alpha value is -3.09. The zero-order valence-electron chi connectivity index (χ0n) is 21.3. The second kappa shape index (κ2) is 13.1. The monoisotopic (exact) mass is 484 g/mol. The molecule has 0 spiro atoms. The van der Waals surface area contributed by atoms with Crippen molar-refractivity contribution < 1.29 is 24.1 Å². The molecule has 0 aliphatic carbocycles. The van der Waals surface area contributed by atoms with E-state index in [0.717, 1.165) is 49.7 Å². The molecule has 2 aromatic carbocycles. The molecule has 3 N–H and O–H groups in total. The third-order valence-corrected chi connectivity index (χ3v) is 6.40. The minimum Gasteiger partial charge on any atom is -0.508 e. The van der Waals surface area contributed by atoms with Crippen LogP contribution in [0.2, 0.25) is 0 Å². The predicted octanol–water partition coefficient (Wildman–Crippen LogP) is 7.03. The lowest BCUT2D eigenvalue weighted by Gasteiger charge is -2.26. The maximum absolute atomic E-state index is 13.3. The summed E-state index contributed by atoms with van der Waals surface area (Å²) in [6, 6.07) is 8.51. The maximum atomic E-state index is 13.3. The van der Waals surface area contributed by atoms with Crippen LogP contribution in [0.15, 0.2) is 30.3 Å². The summed E-state index contributed by atoms with van der Waals surface area (Å²) in [7, 11) is 0. The highest BCUT2D eigenvalue weighted by Crippen LogP contribution is 2.49. The highest BCUT2D eigenvalue weighted by atomic mass is 16.7. The molecule has 7 nitrogen and oxygen atoms in total. The first-order valence-corrected chi connectivity index (χ1v) is 12.9. The van der Waals surface area contributed by atoms with E-state index in [1.54, 1.807) is 30.3 Å². The van der Waals surface area contributed by atoms with Crippen LogP contribution in [-0.2, 0) is 4.74 Å². The Morgan fingerprint density at radius 3 is 2.26 bits per heavy atom. The van der Waals surface area contributed by atoms with Gasteiger partial charge < -0.3 is 30.0 Å². The Morgan fingerprint density at radius 2 is 1.66 bits per heavy atom. The van der Waals surface area contributed by atoms with Crippen molar-refractivity contribution in [2.75, 3.05) is 25.6 Å². The Morgan fingerprint density at radius 1 is 1.03 bits per heavy atom. The number of phenols is 1. The zero-order chi connectivity index (χ0) is 25.2. The normalized spacial score (nSPS) is 13.0. The van der Waals surface area contributed by atoms with E-state index in [1.165, 1.54) is 12.8 Å². The molecule has 1 atom stereocenters. The number of phenolic OH excluding ortho intramolecular Hbond substituents is 1. The van der Waals surface area contributed by atoms with Gasteiger partial charge in [0.25, 0.3) is 0 Å². The number of ether oxygens (including phenoxy) is 3. The molecule has 192 valence electrons. The minimum absolute atomic E-state index is 0.0980. The van der Waals surface area contributed by atoms with Crippen LogP contribution in [0.1, 0.15) is 83.8 Å². The average molecular weight is 485 g/mol. The molecule has 1 heterocycles. The molecule has 0 radical (unpaired) electrons. The lowest BCUT2D eigenvalue weighted by atomic mass is 9.93. The van der Waals surface area contributed by atoms with Crippen molar-refractivity contribution in [2.45, 2.75) is 78.2 Å². The minimum atomic E-state index is -0.602. The summed E-state index contributed by atoms with van der Waals surface area (Å²) in [5.41, 5.74) is 9.11. The molecular formula is C28H40N2O5. The first-order chi connectivity index (χ1) is 17.0. The number of fused-ring (bicyclic) bond motifs is 1. The number of hydrogen-bond donors (Lipinski definition) is 2. The fourth-order valence-corrected chi connectivity index (χ4v) is 4.47. The summed E-state index contributed by atoms with van der Waals surface area (Å²) in [6.07, 6.45) is 7.86. The van der Waals surface area contributed by atoms with Crippen molar-refractivity contribution in [3.05, 3.63) is 35.9 Å². The van der Waals surface area contributed by atoms with Crippen molar-refractivity contribution >= 4 is 11.8 Å². The number of anilines is 1. The van der Waals surface area contributed by atoms with Gasteiger partial charge in [-0.3, -0.25) is 0 Å². The van der Waals surface area contributed by atoms with E-state index < -0.39 is 6.10 Å². The van der Waals surface area contributed by atoms with Crippen molar-refractivity contribution in [3.63, 3.8) is 0 Å². The Kier molecular flexibility index (Phi) is 9.94. The number of carbonyl (C=O) groups excluding carboxylic acids is 1. The number of unbranched alkanes of at least 4 members (excludes halogenated alkanes) is 6. The Balaban J connectivity index is 1.83. The summed E-state index contributed by atoms with van der Waals surface area (Å²) >= 11 is 0. The average Bonchev–Trinajstić information content (AvgIpc) is 3.30. The van der Waals surface area contributed by atoms with Gasteiger partial charge in [0.2, 0.25) is 6.79 Å². The highest BCUT2D eigenvalue weighted by molar-refractivity contribution is 5.84. The molecular weight excluding hydrogens is 444 g/mol. The van der Waals surface area contributed by atoms with Crippen LogP contribution in [0, 0.1) is 0 Å². The number of nitrogens with zero attached hydrogens (tertiary/aromatic N) is 1. The molecule has 3 rings (SSSR count). The van der Waals surface area contributed by atoms with Gasteiger partial charge in [0, 0.05) is 36.0 Å². The molecule has 0 saturated carbocycles. The van der Waals surface area contributed by atoms with Crippen LogP contribution in [0.5, 0.6) is 17.2 Å². The summed E-state index contributed by atoms with van der Waals surface area (Å²) in [5.74, 6) is 1.29. The second-order valence-electron chi connectivity index (χ2n) is 9.17. The number of hydrogen-bond acceptors (Lipinski definition) is 6. The molecule has 1 unspecified atom stereocenters. The standard InChI is InChI=1S/C28H40N2O5/c1-4-6-8-10-16-30(17-11-9-7-5-2)28(32)35-20(3)25-23(29)18-24-27(34-19-33-24)26(25)21-12-14-22(31)15-13-21/h12-15,18,20,31H,4-11,16-17,19,29H2,1-3H3. The summed E-state index contributed by atoms with van der Waals surface area (Å²) in [5, 5.41) is 9.76. The SMILES string of the molecule is CCCCCCN(CCCCCC)C(=O)OC(C)c1c(N)cc2c(c1-c1ccc(O)cc1)OCO2. The fraction of sp³-hybridized carbons (Fsp3) is 0.536. The number of amides is 1. The molecule has 2 aromatic rings. The number of nitrogens with two attached hydrogens (primary N) is 1. The fourth-order valence-electron chi connectivity index (χ4n) is 4.47. The van der Waals surface area contributed by atoms with Gasteiger partial charge in [0.1, 0.15) is 11.9 Å². The number of aromatic hydroxyl groups is 1. The molecule has 0 bridgehead atoms. The summed E-state index contributed by atoms with van der Waals surface area (Å²) in [4.78, 5) is 15.1. The largest absolute Gasteiger partial charge is 0.508 e. The van der Waals surface area contributed by atoms with Gasteiger partial charge in [0.05, 0.1) is 0 Å². The molecule has 1 amide bonds. The lowest BCUT2D eigenvalue weighted by Crippen LogP contribution is -2.34. The van der Waals surface area contributed by atoms with E-state index in [-0.39, 0.29) is 18.6 Å². The van der Waals surface area contributed by atoms with E-state index in [1.807, 2.05) is 11.8 Å². The van der Waals surface area contributed by atoms with E-state index in [4.69, 9.17) is 19.9 Å².